The third-order valence-electron chi connectivity index (χ3n) is 4.43. The summed E-state index contributed by atoms with van der Waals surface area (Å²) < 4.78 is 0. The molecule has 0 aliphatic heterocycles. The number of nitrogens with zero attached hydrogens (tertiary/aromatic N) is 3. The Bertz CT molecular complexity index is 1290. The molecule has 1 heterocycles. The molecule has 1 aromatic heterocycles. The molecule has 4 aromatic rings. The van der Waals surface area contributed by atoms with Crippen LogP contribution >= 0.6 is 11.3 Å². The highest BCUT2D eigenvalue weighted by atomic mass is 32.1. The average Bonchev–Trinajstić information content (AvgIpc) is 3.28. The second-order valence-corrected chi connectivity index (χ2v) is 7.51. The first kappa shape index (κ1) is 20.8. The first-order valence-corrected chi connectivity index (χ1v) is 10.2. The number of nitrogens with one attached hydrogen (secondary N) is 2. The zero-order chi connectivity index (χ0) is 22.5. The number of hydrogen-bond donors (Lipinski definition) is 2. The van der Waals surface area contributed by atoms with Crippen molar-refractivity contribution < 1.29 is 14.5 Å². The van der Waals surface area contributed by atoms with Crippen molar-refractivity contribution in [1.82, 2.24) is 10.2 Å². The molecule has 2 N–H and O–H groups in total. The van der Waals surface area contributed by atoms with Crippen LogP contribution in [0, 0.1) is 10.1 Å². The Morgan fingerprint density at radius 2 is 1.50 bits per heavy atom. The lowest BCUT2D eigenvalue weighted by Crippen LogP contribution is -2.18. The number of benzene rings is 3. The molecule has 10 heteroatoms. The Morgan fingerprint density at radius 3 is 2.22 bits per heavy atom. The van der Waals surface area contributed by atoms with Gasteiger partial charge in [0, 0.05) is 23.3 Å². The molecule has 0 aliphatic rings. The summed E-state index contributed by atoms with van der Waals surface area (Å²) in [7, 11) is 0. The summed E-state index contributed by atoms with van der Waals surface area (Å²) in [4.78, 5) is 35.6. The van der Waals surface area contributed by atoms with E-state index < -0.39 is 16.7 Å². The zero-order valence-electron chi connectivity index (χ0n) is 16.4. The van der Waals surface area contributed by atoms with Gasteiger partial charge in [0.25, 0.3) is 17.5 Å². The summed E-state index contributed by atoms with van der Waals surface area (Å²) >= 11 is 1.23. The second-order valence-electron chi connectivity index (χ2n) is 6.54. The lowest BCUT2D eigenvalue weighted by atomic mass is 10.1. The number of carbonyl (C=O) groups is 2. The maximum atomic E-state index is 12.8. The van der Waals surface area contributed by atoms with Gasteiger partial charge in [0.05, 0.1) is 16.2 Å². The van der Waals surface area contributed by atoms with Gasteiger partial charge in [-0.15, -0.1) is 10.2 Å². The number of amides is 2. The number of anilines is 2. The largest absolute Gasteiger partial charge is 0.321 e. The van der Waals surface area contributed by atoms with Crippen LogP contribution in [0.2, 0.25) is 0 Å². The fraction of sp³-hybridized carbons (Fsp3) is 0. The predicted molar refractivity (Wildman–Crippen MR) is 121 cm³/mol. The first-order chi connectivity index (χ1) is 15.5. The molecule has 0 atom stereocenters. The van der Waals surface area contributed by atoms with E-state index in [1.807, 2.05) is 30.3 Å². The van der Waals surface area contributed by atoms with Crippen molar-refractivity contribution in [2.24, 2.45) is 0 Å². The highest BCUT2D eigenvalue weighted by Gasteiger charge is 2.17. The molecule has 0 radical (unpaired) electrons. The normalized spacial score (nSPS) is 10.4. The van der Waals surface area contributed by atoms with Gasteiger partial charge in [-0.3, -0.25) is 25.0 Å². The quantitative estimate of drug-likeness (QED) is 0.329. The Morgan fingerprint density at radius 1 is 0.812 bits per heavy atom. The molecule has 2 amide bonds. The Balaban J connectivity index is 1.49. The number of aromatic nitrogens is 2. The number of para-hydroxylation sites is 1. The molecule has 4 rings (SSSR count). The number of nitro benzene ring substituents is 1. The van der Waals surface area contributed by atoms with E-state index in [1.54, 1.807) is 24.3 Å². The number of carbonyl (C=O) groups excluding carboxylic acids is 2. The summed E-state index contributed by atoms with van der Waals surface area (Å²) in [5, 5.41) is 25.3. The van der Waals surface area contributed by atoms with Crippen molar-refractivity contribution in [3.63, 3.8) is 0 Å². The van der Waals surface area contributed by atoms with Crippen LogP contribution in [-0.2, 0) is 0 Å². The fourth-order valence-corrected chi connectivity index (χ4v) is 3.60. The van der Waals surface area contributed by atoms with Crippen LogP contribution in [0.3, 0.4) is 0 Å². The van der Waals surface area contributed by atoms with E-state index in [2.05, 4.69) is 20.8 Å². The third-order valence-corrected chi connectivity index (χ3v) is 5.31. The molecule has 9 nitrogen and oxygen atoms in total. The van der Waals surface area contributed by atoms with E-state index in [4.69, 9.17) is 0 Å². The van der Waals surface area contributed by atoms with Gasteiger partial charge in [-0.2, -0.15) is 0 Å². The highest BCUT2D eigenvalue weighted by molar-refractivity contribution is 7.18. The monoisotopic (exact) mass is 445 g/mol. The van der Waals surface area contributed by atoms with Gasteiger partial charge < -0.3 is 5.32 Å². The summed E-state index contributed by atoms with van der Waals surface area (Å²) in [6.45, 7) is 0. The third kappa shape index (κ3) is 4.65. The second kappa shape index (κ2) is 9.14. The van der Waals surface area contributed by atoms with Crippen LogP contribution in [0.5, 0.6) is 0 Å². The SMILES string of the molecule is O=C(Nc1ccccc1C(=O)Nc1nnc(-c2ccccc2)s1)c1ccc([N+](=O)[O-])cc1. The molecular formula is C22H15N5O4S. The van der Waals surface area contributed by atoms with Crippen LogP contribution in [0.15, 0.2) is 78.9 Å². The number of hydrogen-bond acceptors (Lipinski definition) is 7. The molecule has 0 spiro atoms. The van der Waals surface area contributed by atoms with E-state index in [0.29, 0.717) is 15.8 Å². The average molecular weight is 445 g/mol. The topological polar surface area (TPSA) is 127 Å². The van der Waals surface area contributed by atoms with Crippen LogP contribution in [-0.4, -0.2) is 26.9 Å². The molecule has 0 bridgehead atoms. The Kier molecular flexibility index (Phi) is 5.95. The molecule has 0 aliphatic carbocycles. The molecule has 3 aromatic carbocycles. The minimum absolute atomic E-state index is 0.117. The lowest BCUT2D eigenvalue weighted by Gasteiger charge is -2.10. The van der Waals surface area contributed by atoms with E-state index in [0.717, 1.165) is 5.56 Å². The van der Waals surface area contributed by atoms with Gasteiger partial charge in [0.1, 0.15) is 5.01 Å². The van der Waals surface area contributed by atoms with E-state index in [1.165, 1.54) is 35.6 Å². The maximum absolute atomic E-state index is 12.8. The molecule has 0 saturated heterocycles. The number of nitro groups is 1. The van der Waals surface area contributed by atoms with Crippen LogP contribution < -0.4 is 10.6 Å². The molecule has 0 saturated carbocycles. The maximum Gasteiger partial charge on any atom is 0.269 e. The summed E-state index contributed by atoms with van der Waals surface area (Å²) in [6.07, 6.45) is 0. The van der Waals surface area contributed by atoms with Gasteiger partial charge in [-0.25, -0.2) is 0 Å². The van der Waals surface area contributed by atoms with Crippen LogP contribution in [0.25, 0.3) is 10.6 Å². The Hall–Kier alpha value is -4.44. The van der Waals surface area contributed by atoms with Crippen molar-refractivity contribution in [1.29, 1.82) is 0 Å². The standard InChI is InChI=1S/C22H15N5O4S/c28-19(14-10-12-16(13-11-14)27(30)31)23-18-9-5-4-8-17(18)20(29)24-22-26-25-21(32-22)15-6-2-1-3-7-15/h1-13H,(H,23,28)(H,24,26,29). The zero-order valence-corrected chi connectivity index (χ0v) is 17.2. The van der Waals surface area contributed by atoms with Gasteiger partial charge in [0.15, 0.2) is 0 Å². The predicted octanol–water partition coefficient (Wildman–Crippen LogP) is 4.62. The summed E-state index contributed by atoms with van der Waals surface area (Å²) in [5.41, 5.74) is 1.53. The summed E-state index contributed by atoms with van der Waals surface area (Å²) in [5.74, 6) is -0.956. The van der Waals surface area contributed by atoms with Crippen LogP contribution in [0.1, 0.15) is 20.7 Å². The number of rotatable bonds is 6. The van der Waals surface area contributed by atoms with E-state index >= 15 is 0 Å². The van der Waals surface area contributed by atoms with Crippen molar-refractivity contribution in [2.45, 2.75) is 0 Å². The van der Waals surface area contributed by atoms with Crippen molar-refractivity contribution in [2.75, 3.05) is 10.6 Å². The molecule has 158 valence electrons. The van der Waals surface area contributed by atoms with Crippen molar-refractivity contribution in [3.8, 4) is 10.6 Å². The smallest absolute Gasteiger partial charge is 0.269 e. The van der Waals surface area contributed by atoms with Gasteiger partial charge in [-0.05, 0) is 24.3 Å². The summed E-state index contributed by atoms with van der Waals surface area (Å²) in [6, 6.07) is 21.2. The molecule has 32 heavy (non-hydrogen) atoms. The minimum Gasteiger partial charge on any atom is -0.321 e. The fourth-order valence-electron chi connectivity index (χ4n) is 2.85. The minimum atomic E-state index is -0.544. The lowest BCUT2D eigenvalue weighted by molar-refractivity contribution is -0.384. The van der Waals surface area contributed by atoms with Crippen molar-refractivity contribution in [3.05, 3.63) is 100 Å². The highest BCUT2D eigenvalue weighted by Crippen LogP contribution is 2.27. The van der Waals surface area contributed by atoms with E-state index in [-0.39, 0.29) is 16.8 Å². The molecule has 0 unspecified atom stereocenters. The molecular weight excluding hydrogens is 430 g/mol. The van der Waals surface area contributed by atoms with Crippen LogP contribution in [0.4, 0.5) is 16.5 Å². The van der Waals surface area contributed by atoms with Gasteiger partial charge in [0.2, 0.25) is 5.13 Å². The van der Waals surface area contributed by atoms with E-state index in [9.17, 15) is 19.7 Å². The van der Waals surface area contributed by atoms with Gasteiger partial charge >= 0.3 is 0 Å². The van der Waals surface area contributed by atoms with Gasteiger partial charge in [-0.1, -0.05) is 53.8 Å². The Labute approximate surface area is 185 Å². The van der Waals surface area contributed by atoms with Crippen molar-refractivity contribution >= 4 is 39.7 Å². The molecule has 0 fully saturated rings. The number of non-ortho nitro benzene ring substituents is 1. The first-order valence-electron chi connectivity index (χ1n) is 9.36.